The topological polar surface area (TPSA) is 17.6 Å². The monoisotopic (exact) mass is 422 g/mol. The summed E-state index contributed by atoms with van der Waals surface area (Å²) in [5.74, 6) is 0. The van der Waals surface area contributed by atoms with Gasteiger partial charge < -0.3 is 24.8 Å². The zero-order valence-electron chi connectivity index (χ0n) is 17.0. The number of aryl methyl sites for hydroxylation is 2. The summed E-state index contributed by atoms with van der Waals surface area (Å²) in [7, 11) is 0. The van der Waals surface area contributed by atoms with E-state index in [0.29, 0.717) is 0 Å². The van der Waals surface area contributed by atoms with E-state index < -0.39 is 0 Å². The maximum atomic E-state index is 2.33. The van der Waals surface area contributed by atoms with E-state index in [9.17, 15) is 0 Å². The van der Waals surface area contributed by atoms with Crippen molar-refractivity contribution in [3.05, 3.63) is 72.8 Å². The highest BCUT2D eigenvalue weighted by Crippen LogP contribution is 2.09. The lowest BCUT2D eigenvalue weighted by Crippen LogP contribution is -3.00. The van der Waals surface area contributed by atoms with Crippen molar-refractivity contribution in [2.45, 2.75) is 65.7 Å². The molecule has 0 unspecified atom stereocenters. The number of benzene rings is 1. The number of hydrogen-bond acceptors (Lipinski definition) is 0. The maximum Gasteiger partial charge on any atom is 0.244 e. The molecular weight excluding hydrogens is 391 g/mol. The number of nitrogens with zero attached hydrogens (tertiary/aromatic N) is 4. The predicted molar refractivity (Wildman–Crippen MR) is 104 cm³/mol. The lowest BCUT2D eigenvalue weighted by molar-refractivity contribution is -0.697. The van der Waals surface area contributed by atoms with Crippen LogP contribution in [0.3, 0.4) is 0 Å². The van der Waals surface area contributed by atoms with Gasteiger partial charge in [-0.05, 0) is 30.0 Å². The molecule has 0 N–H and O–H groups in total. The van der Waals surface area contributed by atoms with Crippen molar-refractivity contribution < 1.29 is 33.9 Å². The van der Waals surface area contributed by atoms with E-state index in [1.165, 1.54) is 36.8 Å². The Labute approximate surface area is 181 Å². The van der Waals surface area contributed by atoms with Gasteiger partial charge in [0.2, 0.25) is 12.7 Å². The molecule has 3 rings (SSSR count). The summed E-state index contributed by atoms with van der Waals surface area (Å²) in [4.78, 5) is 0. The summed E-state index contributed by atoms with van der Waals surface area (Å²) in [6.07, 6.45) is 18.1. The highest BCUT2D eigenvalue weighted by molar-refractivity contribution is 5.24. The molecule has 0 saturated heterocycles. The average molecular weight is 423 g/mol. The molecule has 154 valence electrons. The molecule has 0 aliphatic rings. The standard InChI is InChI=1S/C22H32N4.2ClH/c1-3-5-10-23-12-14-25(19-23)17-21-8-7-9-22(16-21)18-26-15-13-24(20-26)11-6-4-2;;/h7-9,12-16,19-20H,3-6,10-11,17-18H2,1-2H3;2*1H/q+2;;/p-2. The summed E-state index contributed by atoms with van der Waals surface area (Å²) in [6, 6.07) is 8.94. The van der Waals surface area contributed by atoms with Crippen molar-refractivity contribution in [3.63, 3.8) is 0 Å². The Balaban J connectivity index is 0.00000196. The van der Waals surface area contributed by atoms with E-state index in [1.54, 1.807) is 0 Å². The summed E-state index contributed by atoms with van der Waals surface area (Å²) in [5.41, 5.74) is 2.71. The van der Waals surface area contributed by atoms with Crippen LogP contribution in [0.25, 0.3) is 0 Å². The van der Waals surface area contributed by atoms with Gasteiger partial charge in [-0.25, -0.2) is 18.3 Å². The van der Waals surface area contributed by atoms with Crippen molar-refractivity contribution in [2.75, 3.05) is 0 Å². The Kier molecular flexibility index (Phi) is 10.9. The molecule has 4 nitrogen and oxygen atoms in total. The van der Waals surface area contributed by atoms with Crippen LogP contribution in [0.2, 0.25) is 0 Å². The number of imidazole rings is 2. The molecule has 0 bridgehead atoms. The van der Waals surface area contributed by atoms with E-state index in [0.717, 1.165) is 26.2 Å². The molecule has 0 saturated carbocycles. The quantitative estimate of drug-likeness (QED) is 0.323. The number of halogens is 2. The van der Waals surface area contributed by atoms with Crippen LogP contribution in [-0.2, 0) is 26.2 Å². The summed E-state index contributed by atoms with van der Waals surface area (Å²) in [5, 5.41) is 0. The third-order valence-corrected chi connectivity index (χ3v) is 4.75. The Hall–Kier alpha value is -1.78. The molecule has 28 heavy (non-hydrogen) atoms. The fourth-order valence-electron chi connectivity index (χ4n) is 3.26. The number of rotatable bonds is 10. The first-order chi connectivity index (χ1) is 12.8. The van der Waals surface area contributed by atoms with E-state index in [2.05, 4.69) is 93.8 Å². The van der Waals surface area contributed by atoms with Gasteiger partial charge in [-0.15, -0.1) is 0 Å². The zero-order valence-corrected chi connectivity index (χ0v) is 18.5. The van der Waals surface area contributed by atoms with Crippen LogP contribution in [0.15, 0.2) is 61.7 Å². The van der Waals surface area contributed by atoms with Crippen LogP contribution in [-0.4, -0.2) is 9.13 Å². The molecule has 0 spiro atoms. The van der Waals surface area contributed by atoms with Crippen LogP contribution >= 0.6 is 0 Å². The van der Waals surface area contributed by atoms with Gasteiger partial charge in [0, 0.05) is 0 Å². The first kappa shape index (κ1) is 24.3. The average Bonchev–Trinajstić information content (AvgIpc) is 3.28. The fraction of sp³-hybridized carbons (Fsp3) is 0.455. The molecule has 1 aromatic carbocycles. The molecule has 0 fully saturated rings. The first-order valence-electron chi connectivity index (χ1n) is 9.94. The minimum absolute atomic E-state index is 0. The number of unbranched alkanes of at least 4 members (excludes halogenated alkanes) is 2. The summed E-state index contributed by atoms with van der Waals surface area (Å²) in [6.45, 7) is 8.53. The van der Waals surface area contributed by atoms with E-state index in [-0.39, 0.29) is 24.8 Å². The molecule has 2 aromatic heterocycles. The second kappa shape index (κ2) is 12.6. The molecule has 2 heterocycles. The predicted octanol–water partition coefficient (Wildman–Crippen LogP) is -2.43. The smallest absolute Gasteiger partial charge is 0.244 e. The van der Waals surface area contributed by atoms with Crippen LogP contribution in [0.4, 0.5) is 0 Å². The Bertz CT molecular complexity index is 747. The third-order valence-electron chi connectivity index (χ3n) is 4.75. The largest absolute Gasteiger partial charge is 1.00 e. The van der Waals surface area contributed by atoms with Gasteiger partial charge in [0.1, 0.15) is 37.9 Å². The molecule has 0 aliphatic carbocycles. The van der Waals surface area contributed by atoms with Gasteiger partial charge in [-0.2, -0.15) is 0 Å². The van der Waals surface area contributed by atoms with Gasteiger partial charge in [0.15, 0.2) is 0 Å². The van der Waals surface area contributed by atoms with Gasteiger partial charge in [0.05, 0.1) is 13.1 Å². The number of hydrogen-bond donors (Lipinski definition) is 0. The van der Waals surface area contributed by atoms with E-state index in [4.69, 9.17) is 0 Å². The molecule has 0 atom stereocenters. The van der Waals surface area contributed by atoms with Crippen molar-refractivity contribution in [1.29, 1.82) is 0 Å². The lowest BCUT2D eigenvalue weighted by Gasteiger charge is -2.02. The second-order valence-electron chi connectivity index (χ2n) is 7.17. The van der Waals surface area contributed by atoms with Gasteiger partial charge in [0.25, 0.3) is 0 Å². The molecule has 3 aromatic rings. The van der Waals surface area contributed by atoms with Crippen LogP contribution < -0.4 is 33.9 Å². The van der Waals surface area contributed by atoms with Crippen LogP contribution in [0, 0.1) is 0 Å². The third kappa shape index (κ3) is 7.33. The fourth-order valence-corrected chi connectivity index (χ4v) is 3.26. The highest BCUT2D eigenvalue weighted by atomic mass is 35.5. The highest BCUT2D eigenvalue weighted by Gasteiger charge is 2.08. The minimum Gasteiger partial charge on any atom is -1.00 e. The summed E-state index contributed by atoms with van der Waals surface area (Å²) < 4.78 is 9.09. The van der Waals surface area contributed by atoms with Crippen LogP contribution in [0.1, 0.15) is 50.7 Å². The molecule has 0 radical (unpaired) electrons. The number of aromatic nitrogens is 4. The Morgan fingerprint density at radius 3 is 1.64 bits per heavy atom. The minimum atomic E-state index is 0. The van der Waals surface area contributed by atoms with Crippen LogP contribution in [0.5, 0.6) is 0 Å². The maximum absolute atomic E-state index is 2.33. The Morgan fingerprint density at radius 2 is 1.21 bits per heavy atom. The van der Waals surface area contributed by atoms with Crippen molar-refractivity contribution in [3.8, 4) is 0 Å². The Morgan fingerprint density at radius 1 is 0.750 bits per heavy atom. The zero-order chi connectivity index (χ0) is 18.2. The van der Waals surface area contributed by atoms with Gasteiger partial charge in [-0.3, -0.25) is 0 Å². The molecule has 6 heteroatoms. The van der Waals surface area contributed by atoms with Crippen molar-refractivity contribution in [1.82, 2.24) is 9.13 Å². The summed E-state index contributed by atoms with van der Waals surface area (Å²) >= 11 is 0. The van der Waals surface area contributed by atoms with Gasteiger partial charge in [-0.1, -0.05) is 44.9 Å². The molecule has 0 aliphatic heterocycles. The van der Waals surface area contributed by atoms with E-state index in [1.807, 2.05) is 0 Å². The van der Waals surface area contributed by atoms with Crippen molar-refractivity contribution in [2.24, 2.45) is 0 Å². The second-order valence-corrected chi connectivity index (χ2v) is 7.17. The lowest BCUT2D eigenvalue weighted by atomic mass is 10.1. The first-order valence-corrected chi connectivity index (χ1v) is 9.94. The molecule has 0 amide bonds. The van der Waals surface area contributed by atoms with Crippen molar-refractivity contribution >= 4 is 0 Å². The van der Waals surface area contributed by atoms with Gasteiger partial charge >= 0.3 is 0 Å². The normalized spacial score (nSPS) is 10.4. The SMILES string of the molecule is CCCC[n+]1ccn(Cc2cccc(Cn3cc[n+](CCCC)c3)c2)c1.[Cl-].[Cl-]. The molecular formula is C22H32Cl2N4. The van der Waals surface area contributed by atoms with E-state index >= 15 is 0 Å².